The Morgan fingerprint density at radius 2 is 1.69 bits per heavy atom. The van der Waals surface area contributed by atoms with E-state index in [9.17, 15) is 13.2 Å². The van der Waals surface area contributed by atoms with Crippen molar-refractivity contribution in [3.8, 4) is 5.75 Å². The van der Waals surface area contributed by atoms with Crippen molar-refractivity contribution >= 4 is 27.3 Å². The molecule has 0 fully saturated rings. The van der Waals surface area contributed by atoms with Crippen LogP contribution in [-0.4, -0.2) is 14.3 Å². The molecule has 0 bridgehead atoms. The van der Waals surface area contributed by atoms with Gasteiger partial charge < -0.3 is 10.1 Å². The van der Waals surface area contributed by atoms with Gasteiger partial charge in [0.1, 0.15) is 12.4 Å². The Bertz CT molecular complexity index is 1130. The minimum atomic E-state index is -3.73. The van der Waals surface area contributed by atoms with Gasteiger partial charge in [0.25, 0.3) is 10.0 Å². The Morgan fingerprint density at radius 1 is 0.931 bits per heavy atom. The van der Waals surface area contributed by atoms with Crippen LogP contribution in [0.15, 0.2) is 77.7 Å². The van der Waals surface area contributed by atoms with Crippen molar-refractivity contribution in [1.29, 1.82) is 0 Å². The van der Waals surface area contributed by atoms with E-state index in [-0.39, 0.29) is 10.8 Å². The number of anilines is 2. The molecule has 148 valence electrons. The topological polar surface area (TPSA) is 84.5 Å². The number of carbonyl (C=O) groups is 1. The van der Waals surface area contributed by atoms with Gasteiger partial charge in [0.05, 0.1) is 4.90 Å². The quantitative estimate of drug-likeness (QED) is 0.647. The van der Waals surface area contributed by atoms with Gasteiger partial charge in [-0.05, 0) is 60.0 Å². The Labute approximate surface area is 169 Å². The second kappa shape index (κ2) is 7.97. The normalized spacial score (nSPS) is 13.3. The smallest absolute Gasteiger partial charge is 0.261 e. The predicted octanol–water partition coefficient (Wildman–Crippen LogP) is 3.95. The first-order valence-corrected chi connectivity index (χ1v) is 10.7. The number of hydrogen-bond acceptors (Lipinski definition) is 4. The summed E-state index contributed by atoms with van der Waals surface area (Å²) in [5, 5.41) is 2.75. The van der Waals surface area contributed by atoms with Crippen LogP contribution >= 0.6 is 0 Å². The number of nitrogens with one attached hydrogen (secondary N) is 2. The summed E-state index contributed by atoms with van der Waals surface area (Å²) in [6.45, 7) is 0.442. The van der Waals surface area contributed by atoms with Crippen LogP contribution < -0.4 is 14.8 Å². The molecule has 6 nitrogen and oxygen atoms in total. The largest absolute Gasteiger partial charge is 0.489 e. The summed E-state index contributed by atoms with van der Waals surface area (Å²) < 4.78 is 33.7. The lowest BCUT2D eigenvalue weighted by Crippen LogP contribution is -2.20. The Balaban J connectivity index is 1.43. The molecule has 0 unspecified atom stereocenters. The highest BCUT2D eigenvalue weighted by atomic mass is 32.2. The maximum atomic E-state index is 12.7. The van der Waals surface area contributed by atoms with Crippen LogP contribution in [0.1, 0.15) is 17.5 Å². The van der Waals surface area contributed by atoms with Crippen molar-refractivity contribution < 1.29 is 17.9 Å². The second-order valence-electron chi connectivity index (χ2n) is 6.77. The first-order chi connectivity index (χ1) is 14.0. The zero-order valence-electron chi connectivity index (χ0n) is 15.6. The van der Waals surface area contributed by atoms with Crippen molar-refractivity contribution in [3.63, 3.8) is 0 Å². The van der Waals surface area contributed by atoms with E-state index in [1.807, 2.05) is 30.3 Å². The fourth-order valence-electron chi connectivity index (χ4n) is 3.10. The van der Waals surface area contributed by atoms with Gasteiger partial charge >= 0.3 is 0 Å². The molecule has 0 aliphatic carbocycles. The summed E-state index contributed by atoms with van der Waals surface area (Å²) in [7, 11) is -3.73. The molecule has 1 amide bonds. The molecule has 3 aromatic carbocycles. The van der Waals surface area contributed by atoms with Crippen molar-refractivity contribution in [2.75, 3.05) is 10.0 Å². The number of rotatable bonds is 6. The zero-order chi connectivity index (χ0) is 20.3. The van der Waals surface area contributed by atoms with E-state index in [1.54, 1.807) is 36.4 Å². The van der Waals surface area contributed by atoms with Crippen LogP contribution in [0.3, 0.4) is 0 Å². The fraction of sp³-hybridized carbons (Fsp3) is 0.136. The molecule has 1 aliphatic heterocycles. The van der Waals surface area contributed by atoms with Gasteiger partial charge in [-0.1, -0.05) is 30.3 Å². The van der Waals surface area contributed by atoms with E-state index in [1.165, 1.54) is 6.07 Å². The molecule has 29 heavy (non-hydrogen) atoms. The van der Waals surface area contributed by atoms with Gasteiger partial charge in [-0.15, -0.1) is 0 Å². The number of hydrogen-bond donors (Lipinski definition) is 2. The molecule has 3 aromatic rings. The molecule has 4 rings (SSSR count). The lowest BCUT2D eigenvalue weighted by Gasteiger charge is -2.18. The Hall–Kier alpha value is -3.32. The standard InChI is InChI=1S/C22H20N2O4S/c25-22-13-6-17-14-20(11-12-21(17)23-22)29(26,27)24-18-7-9-19(10-8-18)28-15-16-4-2-1-3-5-16/h1-5,7-12,14,24H,6,13,15H2,(H,23,25). The van der Waals surface area contributed by atoms with Gasteiger partial charge in [-0.3, -0.25) is 9.52 Å². The minimum Gasteiger partial charge on any atom is -0.489 e. The van der Waals surface area contributed by atoms with E-state index in [0.717, 1.165) is 11.1 Å². The molecule has 0 radical (unpaired) electrons. The third-order valence-corrected chi connectivity index (χ3v) is 6.02. The van der Waals surface area contributed by atoms with Crippen molar-refractivity contribution in [1.82, 2.24) is 0 Å². The van der Waals surface area contributed by atoms with Crippen LogP contribution in [0, 0.1) is 0 Å². The van der Waals surface area contributed by atoms with Crippen molar-refractivity contribution in [2.24, 2.45) is 0 Å². The molecular weight excluding hydrogens is 388 g/mol. The van der Waals surface area contributed by atoms with Gasteiger partial charge in [-0.25, -0.2) is 8.42 Å². The van der Waals surface area contributed by atoms with Crippen LogP contribution in [0.25, 0.3) is 0 Å². The maximum absolute atomic E-state index is 12.7. The SMILES string of the molecule is O=C1CCc2cc(S(=O)(=O)Nc3ccc(OCc4ccccc4)cc3)ccc2N1. The summed E-state index contributed by atoms with van der Waals surface area (Å²) in [6, 6.07) is 21.3. The summed E-state index contributed by atoms with van der Waals surface area (Å²) in [4.78, 5) is 11.6. The van der Waals surface area contributed by atoms with E-state index >= 15 is 0 Å². The first-order valence-electron chi connectivity index (χ1n) is 9.22. The summed E-state index contributed by atoms with van der Waals surface area (Å²) in [5.74, 6) is 0.599. The van der Waals surface area contributed by atoms with Gasteiger partial charge in [0.2, 0.25) is 5.91 Å². The number of sulfonamides is 1. The van der Waals surface area contributed by atoms with E-state index in [0.29, 0.717) is 36.6 Å². The van der Waals surface area contributed by atoms with Crippen LogP contribution in [0.4, 0.5) is 11.4 Å². The first kappa shape index (κ1) is 19.0. The lowest BCUT2D eigenvalue weighted by atomic mass is 10.0. The summed E-state index contributed by atoms with van der Waals surface area (Å²) in [6.07, 6.45) is 0.881. The van der Waals surface area contributed by atoms with Gasteiger partial charge in [0.15, 0.2) is 0 Å². The molecule has 2 N–H and O–H groups in total. The predicted molar refractivity (Wildman–Crippen MR) is 111 cm³/mol. The third kappa shape index (κ3) is 4.57. The minimum absolute atomic E-state index is 0.0548. The second-order valence-corrected chi connectivity index (χ2v) is 8.45. The number of aryl methyl sites for hydroxylation is 1. The third-order valence-electron chi connectivity index (χ3n) is 4.64. The Kier molecular flexibility index (Phi) is 5.22. The molecular formula is C22H20N2O4S. The summed E-state index contributed by atoms with van der Waals surface area (Å²) in [5.41, 5.74) is 2.99. The molecule has 0 saturated heterocycles. The molecule has 1 aliphatic rings. The fourth-order valence-corrected chi connectivity index (χ4v) is 4.21. The number of carbonyl (C=O) groups excluding carboxylic acids is 1. The highest BCUT2D eigenvalue weighted by Crippen LogP contribution is 2.27. The maximum Gasteiger partial charge on any atom is 0.261 e. The average molecular weight is 408 g/mol. The van der Waals surface area contributed by atoms with Crippen LogP contribution in [0.2, 0.25) is 0 Å². The molecule has 0 aromatic heterocycles. The number of benzene rings is 3. The van der Waals surface area contributed by atoms with Gasteiger partial charge in [-0.2, -0.15) is 0 Å². The number of ether oxygens (including phenoxy) is 1. The number of fused-ring (bicyclic) bond motifs is 1. The molecule has 1 heterocycles. The summed E-state index contributed by atoms with van der Waals surface area (Å²) >= 11 is 0. The van der Waals surface area contributed by atoms with Crippen molar-refractivity contribution in [3.05, 3.63) is 83.9 Å². The molecule has 0 saturated carbocycles. The average Bonchev–Trinajstić information content (AvgIpc) is 2.73. The van der Waals surface area contributed by atoms with E-state index in [4.69, 9.17) is 4.74 Å². The van der Waals surface area contributed by atoms with Crippen molar-refractivity contribution in [2.45, 2.75) is 24.3 Å². The highest BCUT2D eigenvalue weighted by Gasteiger charge is 2.20. The highest BCUT2D eigenvalue weighted by molar-refractivity contribution is 7.92. The lowest BCUT2D eigenvalue weighted by molar-refractivity contribution is -0.116. The Morgan fingerprint density at radius 3 is 2.45 bits per heavy atom. The monoisotopic (exact) mass is 408 g/mol. The number of amides is 1. The molecule has 0 spiro atoms. The van der Waals surface area contributed by atoms with E-state index in [2.05, 4.69) is 10.0 Å². The van der Waals surface area contributed by atoms with Crippen LogP contribution in [0.5, 0.6) is 5.75 Å². The molecule has 7 heteroatoms. The van der Waals surface area contributed by atoms with Gasteiger partial charge in [0, 0.05) is 17.8 Å². The zero-order valence-corrected chi connectivity index (χ0v) is 16.4. The van der Waals surface area contributed by atoms with Crippen LogP contribution in [-0.2, 0) is 27.8 Å². The van der Waals surface area contributed by atoms with E-state index < -0.39 is 10.0 Å². The molecule has 0 atom stereocenters.